The van der Waals surface area contributed by atoms with E-state index >= 15 is 0 Å². The average molecular weight is 282 g/mol. The zero-order valence-electron chi connectivity index (χ0n) is 13.7. The number of rotatable bonds is 7. The van der Waals surface area contributed by atoms with Crippen molar-refractivity contribution in [1.29, 1.82) is 0 Å². The van der Waals surface area contributed by atoms with E-state index in [0.29, 0.717) is 6.42 Å². The molecule has 0 aromatic heterocycles. The summed E-state index contributed by atoms with van der Waals surface area (Å²) in [6, 6.07) is 0. The van der Waals surface area contributed by atoms with E-state index in [1.807, 2.05) is 13.8 Å². The lowest BCUT2D eigenvalue weighted by Gasteiger charge is -2.29. The lowest BCUT2D eigenvalue weighted by Crippen LogP contribution is -2.37. The van der Waals surface area contributed by atoms with Gasteiger partial charge in [-0.2, -0.15) is 0 Å². The Hall–Kier alpha value is -0.593. The number of carbonyl (C=O) groups is 1. The molecular weight excluding hydrogens is 252 g/mol. The first kappa shape index (κ1) is 18.4. The molecule has 0 aliphatic rings. The predicted molar refractivity (Wildman–Crippen MR) is 84.6 cm³/mol. The summed E-state index contributed by atoms with van der Waals surface area (Å²) in [5.41, 5.74) is -0.186. The minimum Gasteiger partial charge on any atom is -0.402 e. The second-order valence-electron chi connectivity index (χ2n) is 7.43. The third-order valence-corrected chi connectivity index (χ3v) is 3.82. The average Bonchev–Trinajstić information content (AvgIpc) is 2.12. The molecule has 0 radical (unpaired) electrons. The standard InChI is InChI=1S/C16H30O2Si/c1-15(2,11-8-9-14-17)12-10-13-16(3,4)18-19(5,6)7/h14H,8-9,11-12H2,1-7H3. The molecule has 3 heteroatoms. The van der Waals surface area contributed by atoms with Crippen LogP contribution in [0.1, 0.15) is 53.4 Å². The summed E-state index contributed by atoms with van der Waals surface area (Å²) in [6.45, 7) is 15.0. The van der Waals surface area contributed by atoms with Crippen molar-refractivity contribution in [1.82, 2.24) is 0 Å². The Morgan fingerprint density at radius 2 is 1.74 bits per heavy atom. The first-order valence-electron chi connectivity index (χ1n) is 7.11. The quantitative estimate of drug-likeness (QED) is 0.299. The Morgan fingerprint density at radius 3 is 2.21 bits per heavy atom. The maximum absolute atomic E-state index is 10.3. The molecule has 110 valence electrons. The van der Waals surface area contributed by atoms with Gasteiger partial charge in [0.15, 0.2) is 8.32 Å². The summed E-state index contributed by atoms with van der Waals surface area (Å²) in [4.78, 5) is 10.3. The Labute approximate surface area is 120 Å². The van der Waals surface area contributed by atoms with Gasteiger partial charge in [0.1, 0.15) is 11.9 Å². The van der Waals surface area contributed by atoms with E-state index in [0.717, 1.165) is 25.5 Å². The van der Waals surface area contributed by atoms with Crippen LogP contribution in [0.15, 0.2) is 0 Å². The number of hydrogen-bond acceptors (Lipinski definition) is 2. The summed E-state index contributed by atoms with van der Waals surface area (Å²) < 4.78 is 6.06. The summed E-state index contributed by atoms with van der Waals surface area (Å²) >= 11 is 0. The van der Waals surface area contributed by atoms with Gasteiger partial charge in [-0.1, -0.05) is 25.7 Å². The third kappa shape index (κ3) is 11.0. The van der Waals surface area contributed by atoms with Gasteiger partial charge < -0.3 is 9.22 Å². The van der Waals surface area contributed by atoms with Crippen LogP contribution in [0.4, 0.5) is 0 Å². The molecule has 0 unspecified atom stereocenters. The van der Waals surface area contributed by atoms with Gasteiger partial charge in [0.2, 0.25) is 0 Å². The number of aldehydes is 1. The van der Waals surface area contributed by atoms with Crippen molar-refractivity contribution in [3.05, 3.63) is 0 Å². The molecule has 0 heterocycles. The zero-order valence-corrected chi connectivity index (χ0v) is 14.7. The molecule has 0 saturated carbocycles. The molecule has 0 amide bonds. The van der Waals surface area contributed by atoms with Gasteiger partial charge in [-0.15, -0.1) is 0 Å². The van der Waals surface area contributed by atoms with Crippen LogP contribution in [-0.2, 0) is 9.22 Å². The van der Waals surface area contributed by atoms with Gasteiger partial charge in [-0.3, -0.25) is 0 Å². The Morgan fingerprint density at radius 1 is 1.16 bits per heavy atom. The Bertz CT molecular complexity index is 340. The van der Waals surface area contributed by atoms with Crippen LogP contribution in [0.3, 0.4) is 0 Å². The van der Waals surface area contributed by atoms with Gasteiger partial charge in [0.05, 0.1) is 0 Å². The van der Waals surface area contributed by atoms with Crippen LogP contribution in [-0.4, -0.2) is 20.2 Å². The lowest BCUT2D eigenvalue weighted by atomic mass is 9.84. The Balaban J connectivity index is 4.38. The van der Waals surface area contributed by atoms with Crippen molar-refractivity contribution < 1.29 is 9.22 Å². The second kappa shape index (κ2) is 7.26. The molecule has 0 aliphatic carbocycles. The van der Waals surface area contributed by atoms with E-state index in [9.17, 15) is 4.79 Å². The third-order valence-electron chi connectivity index (χ3n) is 2.69. The highest BCUT2D eigenvalue weighted by Gasteiger charge is 2.25. The van der Waals surface area contributed by atoms with Gasteiger partial charge >= 0.3 is 0 Å². The summed E-state index contributed by atoms with van der Waals surface area (Å²) in [7, 11) is -1.56. The van der Waals surface area contributed by atoms with E-state index in [-0.39, 0.29) is 11.0 Å². The molecule has 0 atom stereocenters. The second-order valence-corrected chi connectivity index (χ2v) is 11.9. The molecule has 0 fully saturated rings. The molecule has 19 heavy (non-hydrogen) atoms. The fraction of sp³-hybridized carbons (Fsp3) is 0.812. The van der Waals surface area contributed by atoms with Crippen LogP contribution in [0.25, 0.3) is 0 Å². The van der Waals surface area contributed by atoms with Crippen molar-refractivity contribution in [2.24, 2.45) is 5.41 Å². The largest absolute Gasteiger partial charge is 0.402 e. The van der Waals surface area contributed by atoms with Crippen molar-refractivity contribution >= 4 is 14.6 Å². The first-order chi connectivity index (χ1) is 8.47. The van der Waals surface area contributed by atoms with E-state index < -0.39 is 8.32 Å². The van der Waals surface area contributed by atoms with E-state index in [2.05, 4.69) is 45.3 Å². The minimum atomic E-state index is -1.56. The van der Waals surface area contributed by atoms with Crippen molar-refractivity contribution in [3.63, 3.8) is 0 Å². The molecule has 0 aliphatic heterocycles. The number of unbranched alkanes of at least 4 members (excludes halogenated alkanes) is 1. The number of hydrogen-bond donors (Lipinski definition) is 0. The maximum Gasteiger partial charge on any atom is 0.185 e. The van der Waals surface area contributed by atoms with Crippen LogP contribution >= 0.6 is 0 Å². The topological polar surface area (TPSA) is 26.3 Å². The summed E-state index contributed by atoms with van der Waals surface area (Å²) in [5.74, 6) is 6.53. The summed E-state index contributed by atoms with van der Waals surface area (Å²) in [6.07, 6.45) is 4.49. The maximum atomic E-state index is 10.3. The highest BCUT2D eigenvalue weighted by molar-refractivity contribution is 6.69. The van der Waals surface area contributed by atoms with Gasteiger partial charge in [0, 0.05) is 12.8 Å². The molecule has 0 rings (SSSR count). The molecule has 2 nitrogen and oxygen atoms in total. The molecule has 0 N–H and O–H groups in total. The lowest BCUT2D eigenvalue weighted by molar-refractivity contribution is -0.108. The highest BCUT2D eigenvalue weighted by Crippen LogP contribution is 2.27. The van der Waals surface area contributed by atoms with Crippen molar-refractivity contribution in [2.45, 2.75) is 78.6 Å². The van der Waals surface area contributed by atoms with Gasteiger partial charge in [-0.05, 0) is 51.7 Å². The van der Waals surface area contributed by atoms with Crippen LogP contribution in [0, 0.1) is 17.3 Å². The molecule has 0 bridgehead atoms. The molecule has 0 aromatic carbocycles. The molecule has 0 spiro atoms. The van der Waals surface area contributed by atoms with E-state index in [1.54, 1.807) is 0 Å². The van der Waals surface area contributed by atoms with Crippen LogP contribution in [0.5, 0.6) is 0 Å². The first-order valence-corrected chi connectivity index (χ1v) is 10.5. The molecule has 0 aromatic rings. The Kier molecular flexibility index (Phi) is 7.03. The molecular formula is C16H30O2Si. The fourth-order valence-electron chi connectivity index (χ4n) is 2.04. The smallest absolute Gasteiger partial charge is 0.185 e. The van der Waals surface area contributed by atoms with E-state index in [1.165, 1.54) is 0 Å². The normalized spacial score (nSPS) is 12.8. The molecule has 0 saturated heterocycles. The summed E-state index contributed by atoms with van der Waals surface area (Å²) in [5, 5.41) is 0. The zero-order chi connectivity index (χ0) is 15.2. The van der Waals surface area contributed by atoms with Crippen LogP contribution in [0.2, 0.25) is 19.6 Å². The number of carbonyl (C=O) groups excluding carboxylic acids is 1. The SMILES string of the molecule is CC(C)(CC#CC(C)(C)O[Si](C)(C)C)CCCC=O. The monoisotopic (exact) mass is 282 g/mol. The van der Waals surface area contributed by atoms with Gasteiger partial charge in [0.25, 0.3) is 0 Å². The van der Waals surface area contributed by atoms with Crippen molar-refractivity contribution in [3.8, 4) is 11.8 Å². The van der Waals surface area contributed by atoms with E-state index in [4.69, 9.17) is 4.43 Å². The predicted octanol–water partition coefficient (Wildman–Crippen LogP) is 4.41. The van der Waals surface area contributed by atoms with Crippen molar-refractivity contribution in [2.75, 3.05) is 0 Å². The fourth-order valence-corrected chi connectivity index (χ4v) is 3.62. The highest BCUT2D eigenvalue weighted by atomic mass is 28.4. The van der Waals surface area contributed by atoms with Crippen LogP contribution < -0.4 is 0 Å². The van der Waals surface area contributed by atoms with Gasteiger partial charge in [-0.25, -0.2) is 0 Å². The minimum absolute atomic E-state index is 0.172.